The summed E-state index contributed by atoms with van der Waals surface area (Å²) in [6, 6.07) is 13.2. The summed E-state index contributed by atoms with van der Waals surface area (Å²) in [6.07, 6.45) is 1.37. The number of hydrogen-bond donors (Lipinski definition) is 0. The summed E-state index contributed by atoms with van der Waals surface area (Å²) in [4.78, 5) is 26.8. The quantitative estimate of drug-likeness (QED) is 0.595. The molecule has 4 rings (SSSR count). The number of benzene rings is 2. The number of nitrogens with zero attached hydrogens (tertiary/aromatic N) is 4. The van der Waals surface area contributed by atoms with Crippen molar-refractivity contribution in [2.75, 3.05) is 26.2 Å². The maximum Gasteiger partial charge on any atom is 0.243 e. The molecule has 0 N–H and O–H groups in total. The molecule has 1 aromatic heterocycles. The number of amides is 1. The first-order valence-electron chi connectivity index (χ1n) is 9.87. The van der Waals surface area contributed by atoms with E-state index in [9.17, 15) is 27.7 Å². The van der Waals surface area contributed by atoms with Gasteiger partial charge in [0, 0.05) is 37.8 Å². The second kappa shape index (κ2) is 8.53. The third-order valence-corrected chi connectivity index (χ3v) is 7.37. The monoisotopic (exact) mass is 454 g/mol. The summed E-state index contributed by atoms with van der Waals surface area (Å²) < 4.78 is 41.5. The van der Waals surface area contributed by atoms with Crippen molar-refractivity contribution in [1.29, 1.82) is 5.26 Å². The normalized spacial score (nSPS) is 14.9. The Hall–Kier alpha value is -3.55. The van der Waals surface area contributed by atoms with Crippen LogP contribution in [0.15, 0.2) is 64.4 Å². The van der Waals surface area contributed by atoms with Gasteiger partial charge in [-0.15, -0.1) is 0 Å². The Bertz CT molecular complexity index is 1390. The molecular weight excluding hydrogens is 435 g/mol. The van der Waals surface area contributed by atoms with Crippen molar-refractivity contribution in [3.63, 3.8) is 0 Å². The summed E-state index contributed by atoms with van der Waals surface area (Å²) in [5, 5.41) is 9.61. The van der Waals surface area contributed by atoms with Crippen molar-refractivity contribution in [3.8, 4) is 6.07 Å². The number of halogens is 1. The second-order valence-corrected chi connectivity index (χ2v) is 9.31. The highest BCUT2D eigenvalue weighted by atomic mass is 32.2. The number of hydrogen-bond acceptors (Lipinski definition) is 5. The maximum absolute atomic E-state index is 13.1. The summed E-state index contributed by atoms with van der Waals surface area (Å²) in [5.74, 6) is -0.768. The van der Waals surface area contributed by atoms with Gasteiger partial charge in [-0.3, -0.25) is 9.59 Å². The van der Waals surface area contributed by atoms with Crippen LogP contribution < -0.4 is 5.43 Å². The van der Waals surface area contributed by atoms with Crippen LogP contribution in [0.5, 0.6) is 0 Å². The van der Waals surface area contributed by atoms with Crippen LogP contribution in [0.4, 0.5) is 4.39 Å². The number of piperazine rings is 1. The van der Waals surface area contributed by atoms with Gasteiger partial charge in [0.1, 0.15) is 24.0 Å². The minimum absolute atomic E-state index is 0.00226. The van der Waals surface area contributed by atoms with Gasteiger partial charge in [0.15, 0.2) is 0 Å². The molecule has 32 heavy (non-hydrogen) atoms. The van der Waals surface area contributed by atoms with Gasteiger partial charge >= 0.3 is 0 Å². The molecule has 0 saturated carbocycles. The Labute approximate surface area is 183 Å². The third-order valence-electron chi connectivity index (χ3n) is 5.46. The number of fused-ring (bicyclic) bond motifs is 1. The van der Waals surface area contributed by atoms with Gasteiger partial charge in [-0.1, -0.05) is 12.1 Å². The highest BCUT2D eigenvalue weighted by molar-refractivity contribution is 7.89. The van der Waals surface area contributed by atoms with E-state index in [-0.39, 0.29) is 54.5 Å². The minimum Gasteiger partial charge on any atom is -0.339 e. The van der Waals surface area contributed by atoms with Gasteiger partial charge in [0.25, 0.3) is 0 Å². The van der Waals surface area contributed by atoms with E-state index in [0.717, 1.165) is 12.1 Å². The average molecular weight is 454 g/mol. The van der Waals surface area contributed by atoms with Crippen LogP contribution in [0.2, 0.25) is 0 Å². The molecule has 1 aliphatic heterocycles. The van der Waals surface area contributed by atoms with Crippen molar-refractivity contribution in [2.45, 2.75) is 11.4 Å². The fraction of sp³-hybridized carbons (Fsp3) is 0.227. The Balaban J connectivity index is 1.49. The molecule has 0 bridgehead atoms. The van der Waals surface area contributed by atoms with E-state index >= 15 is 0 Å². The van der Waals surface area contributed by atoms with Gasteiger partial charge in [0.05, 0.1) is 10.4 Å². The topological polar surface area (TPSA) is 103 Å². The second-order valence-electron chi connectivity index (χ2n) is 7.37. The van der Waals surface area contributed by atoms with Gasteiger partial charge in [0.2, 0.25) is 21.4 Å². The van der Waals surface area contributed by atoms with Gasteiger partial charge < -0.3 is 9.47 Å². The number of pyridine rings is 1. The molecule has 0 unspecified atom stereocenters. The number of sulfonamides is 1. The fourth-order valence-corrected chi connectivity index (χ4v) is 5.16. The third kappa shape index (κ3) is 4.00. The van der Waals surface area contributed by atoms with Crippen molar-refractivity contribution in [2.24, 2.45) is 0 Å². The molecule has 0 spiro atoms. The molecule has 164 valence electrons. The van der Waals surface area contributed by atoms with Crippen LogP contribution in [-0.2, 0) is 21.4 Å². The summed E-state index contributed by atoms with van der Waals surface area (Å²) in [6.45, 7) is 0.533. The average Bonchev–Trinajstić information content (AvgIpc) is 2.81. The van der Waals surface area contributed by atoms with E-state index < -0.39 is 15.8 Å². The van der Waals surface area contributed by atoms with Crippen molar-refractivity contribution in [3.05, 3.63) is 76.3 Å². The zero-order valence-electron chi connectivity index (χ0n) is 16.9. The van der Waals surface area contributed by atoms with E-state index in [1.54, 1.807) is 33.7 Å². The Morgan fingerprint density at radius 1 is 1.03 bits per heavy atom. The lowest BCUT2D eigenvalue weighted by atomic mass is 10.1. The summed E-state index contributed by atoms with van der Waals surface area (Å²) in [5.41, 5.74) is 0.112. The molecular formula is C22H19FN4O4S. The van der Waals surface area contributed by atoms with Gasteiger partial charge in [-0.2, -0.15) is 9.57 Å². The van der Waals surface area contributed by atoms with Crippen LogP contribution in [0.1, 0.15) is 5.56 Å². The Morgan fingerprint density at radius 2 is 1.69 bits per heavy atom. The molecule has 1 amide bonds. The molecule has 8 nitrogen and oxygen atoms in total. The van der Waals surface area contributed by atoms with Crippen molar-refractivity contribution >= 4 is 26.8 Å². The van der Waals surface area contributed by atoms with Crippen LogP contribution >= 0.6 is 0 Å². The molecule has 1 aliphatic rings. The standard InChI is InChI=1S/C22H19FN4O4S/c23-17-5-7-18(8-6-17)32(30,31)27-11-9-25(10-12-27)21(28)15-26-14-16(13-24)22(29)19-3-1-2-4-20(19)26/h1-8,14H,9-12,15H2. The zero-order chi connectivity index (χ0) is 22.9. The fourth-order valence-electron chi connectivity index (χ4n) is 3.73. The van der Waals surface area contributed by atoms with Crippen LogP contribution in [-0.4, -0.2) is 54.3 Å². The van der Waals surface area contributed by atoms with E-state index in [1.807, 2.05) is 6.07 Å². The highest BCUT2D eigenvalue weighted by Gasteiger charge is 2.30. The number of carbonyl (C=O) groups is 1. The maximum atomic E-state index is 13.1. The smallest absolute Gasteiger partial charge is 0.243 e. The van der Waals surface area contributed by atoms with E-state index in [0.29, 0.717) is 10.9 Å². The molecule has 3 aromatic rings. The summed E-state index contributed by atoms with van der Waals surface area (Å²) >= 11 is 0. The first-order valence-corrected chi connectivity index (χ1v) is 11.3. The number of aromatic nitrogens is 1. The Kier molecular flexibility index (Phi) is 5.78. The van der Waals surface area contributed by atoms with E-state index in [4.69, 9.17) is 0 Å². The van der Waals surface area contributed by atoms with Crippen molar-refractivity contribution in [1.82, 2.24) is 13.8 Å². The lowest BCUT2D eigenvalue weighted by molar-refractivity contribution is -0.132. The lowest BCUT2D eigenvalue weighted by Crippen LogP contribution is -2.51. The zero-order valence-corrected chi connectivity index (χ0v) is 17.8. The predicted octanol–water partition coefficient (Wildman–Crippen LogP) is 1.55. The van der Waals surface area contributed by atoms with Crippen molar-refractivity contribution < 1.29 is 17.6 Å². The highest BCUT2D eigenvalue weighted by Crippen LogP contribution is 2.19. The van der Waals surface area contributed by atoms with Gasteiger partial charge in [-0.25, -0.2) is 12.8 Å². The van der Waals surface area contributed by atoms with Gasteiger partial charge in [-0.05, 0) is 36.4 Å². The number of carbonyl (C=O) groups excluding carboxylic acids is 1. The number of nitriles is 1. The molecule has 1 fully saturated rings. The predicted molar refractivity (Wildman–Crippen MR) is 115 cm³/mol. The molecule has 0 aliphatic carbocycles. The summed E-state index contributed by atoms with van der Waals surface area (Å²) in [7, 11) is -3.78. The largest absolute Gasteiger partial charge is 0.339 e. The molecule has 2 aromatic carbocycles. The molecule has 0 radical (unpaired) electrons. The molecule has 0 atom stereocenters. The number of para-hydroxylation sites is 1. The van der Waals surface area contributed by atoms with E-state index in [2.05, 4.69) is 0 Å². The lowest BCUT2D eigenvalue weighted by Gasteiger charge is -2.34. The minimum atomic E-state index is -3.78. The van der Waals surface area contributed by atoms with Crippen LogP contribution in [0.3, 0.4) is 0 Å². The molecule has 1 saturated heterocycles. The Morgan fingerprint density at radius 3 is 2.34 bits per heavy atom. The SMILES string of the molecule is N#Cc1cn(CC(=O)N2CCN(S(=O)(=O)c3ccc(F)cc3)CC2)c2ccccc2c1=O. The first kappa shape index (κ1) is 21.7. The van der Waals surface area contributed by atoms with E-state index in [1.165, 1.54) is 22.6 Å². The first-order chi connectivity index (χ1) is 15.3. The molecule has 2 heterocycles. The number of rotatable bonds is 4. The molecule has 10 heteroatoms. The van der Waals surface area contributed by atoms with Crippen LogP contribution in [0.25, 0.3) is 10.9 Å². The van der Waals surface area contributed by atoms with Crippen LogP contribution in [0, 0.1) is 17.1 Å².